The molecule has 4 amide bonds. The zero-order chi connectivity index (χ0) is 75.4. The number of nitrogens with zero attached hydrogens (tertiary/aromatic N) is 2. The molecule has 2 aliphatic rings. The summed E-state index contributed by atoms with van der Waals surface area (Å²) >= 11 is 7.00. The number of hydrogen-bond donors (Lipinski definition) is 1. The summed E-state index contributed by atoms with van der Waals surface area (Å²) < 4.78 is 19.7. The normalized spacial score (nSPS) is 13.1. The minimum atomic E-state index is -0.400. The molecule has 10 aromatic rings. The molecule has 564 valence electrons. The molecule has 11 nitrogen and oxygen atoms in total. The number of para-hydroxylation sites is 2. The quantitative estimate of drug-likeness (QED) is 0.0131. The Kier molecular flexibility index (Phi) is 26.9. The van der Waals surface area contributed by atoms with Crippen LogP contribution in [-0.2, 0) is 4.74 Å². The summed E-state index contributed by atoms with van der Waals surface area (Å²) in [4.78, 5) is 83.5. The number of esters is 1. The largest absolute Gasteiger partial charge is 0.493 e. The van der Waals surface area contributed by atoms with Crippen molar-refractivity contribution in [2.45, 2.75) is 247 Å². The zero-order valence-electron chi connectivity index (χ0n) is 64.9. The van der Waals surface area contributed by atoms with Gasteiger partial charge in [-0.25, -0.2) is 14.6 Å². The smallest absolute Gasteiger partial charge is 0.338 e. The molecule has 0 radical (unpaired) electrons. The molecular formula is C93H110BrN3O8S2. The Bertz CT molecular complexity index is 4730. The highest BCUT2D eigenvalue weighted by Gasteiger charge is 2.42. The van der Waals surface area contributed by atoms with Crippen molar-refractivity contribution in [1.29, 1.82) is 0 Å². The van der Waals surface area contributed by atoms with Gasteiger partial charge in [0.05, 0.1) is 46.1 Å². The lowest BCUT2D eigenvalue weighted by Gasteiger charge is -2.34. The van der Waals surface area contributed by atoms with Crippen molar-refractivity contribution in [3.05, 3.63) is 169 Å². The van der Waals surface area contributed by atoms with Crippen LogP contribution >= 0.6 is 38.6 Å². The molecule has 0 bridgehead atoms. The number of thiophene rings is 2. The highest BCUT2D eigenvalue weighted by atomic mass is 79.9. The molecular weight excluding hydrogens is 1430 g/mol. The summed E-state index contributed by atoms with van der Waals surface area (Å²) in [5.41, 5.74) is 8.62. The average molecular weight is 1540 g/mol. The van der Waals surface area contributed by atoms with Crippen LogP contribution < -0.4 is 24.6 Å². The molecule has 0 atom stereocenters. The van der Waals surface area contributed by atoms with Crippen molar-refractivity contribution in [2.75, 3.05) is 41.5 Å². The van der Waals surface area contributed by atoms with Crippen molar-refractivity contribution < 1.29 is 38.2 Å². The molecule has 0 saturated carbocycles. The maximum atomic E-state index is 16.1. The number of nitrogens with one attached hydrogen (secondary N) is 1. The van der Waals surface area contributed by atoms with Gasteiger partial charge in [0.2, 0.25) is 0 Å². The molecule has 0 saturated heterocycles. The fourth-order valence-electron chi connectivity index (χ4n) is 16.3. The Balaban J connectivity index is 0.846. The highest BCUT2D eigenvalue weighted by molar-refractivity contribution is 9.11. The van der Waals surface area contributed by atoms with Crippen molar-refractivity contribution in [1.82, 2.24) is 0 Å². The maximum Gasteiger partial charge on any atom is 0.338 e. The van der Waals surface area contributed by atoms with Gasteiger partial charge in [0.15, 0.2) is 0 Å². The average Bonchev–Trinajstić information content (AvgIpc) is 0.951. The molecule has 2 aromatic heterocycles. The fraction of sp³-hybridized carbons (Fsp3) is 0.452. The van der Waals surface area contributed by atoms with Gasteiger partial charge in [0.25, 0.3) is 23.6 Å². The summed E-state index contributed by atoms with van der Waals surface area (Å²) in [6, 6.07) is 37.9. The number of benzene rings is 8. The Labute approximate surface area is 651 Å². The van der Waals surface area contributed by atoms with Gasteiger partial charge in [0.1, 0.15) is 11.5 Å². The number of amides is 4. The van der Waals surface area contributed by atoms with Gasteiger partial charge in [-0.3, -0.25) is 19.2 Å². The van der Waals surface area contributed by atoms with E-state index < -0.39 is 11.9 Å². The minimum Gasteiger partial charge on any atom is -0.493 e. The summed E-state index contributed by atoms with van der Waals surface area (Å²) in [5.74, 6) is -0.649. The molecule has 8 aromatic carbocycles. The summed E-state index contributed by atoms with van der Waals surface area (Å²) in [6.45, 7) is 23.3. The van der Waals surface area contributed by atoms with E-state index in [9.17, 15) is 4.79 Å². The van der Waals surface area contributed by atoms with Crippen LogP contribution in [-0.4, -0.2) is 56.0 Å². The Morgan fingerprint density at radius 2 is 0.794 bits per heavy atom. The molecule has 0 spiro atoms. The van der Waals surface area contributed by atoms with Crippen LogP contribution in [0.4, 0.5) is 17.1 Å². The fourth-order valence-corrected chi connectivity index (χ4v) is 18.8. The van der Waals surface area contributed by atoms with Crippen LogP contribution in [0.5, 0.6) is 11.5 Å². The second-order valence-electron chi connectivity index (χ2n) is 31.1. The lowest BCUT2D eigenvalue weighted by Crippen LogP contribution is -2.42. The standard InChI is InChI=1S/C93H110BrN3O8S2/c1-11-13-15-17-19-21-23-25-28-32-50-103-63-53-62(54-64(55-63)104-51-33-29-26-24-22-20-18-16-14-12-2)93(102)105-52-34-30-27-31-49-95-76-57-75-83-72(90(99)97(92(75)101)88-67(60(7)8)39-36-40-68(88)61(9)10)43-41-69-81-73(77-45-46-78(106-77)79-47-48-80(94)107-79)56-74-82-71(44-42-70(85(81)82)84(76)86(69)83)89(98)96(91(74)100)87-65(58(3)4)37-35-38-66(87)59(5)6/h35-48,53-61,95H,11-34,49-52H2,1-10H3. The van der Waals surface area contributed by atoms with Crippen molar-refractivity contribution >= 4 is 128 Å². The van der Waals surface area contributed by atoms with Crippen LogP contribution in [0, 0.1) is 0 Å². The second kappa shape index (κ2) is 36.5. The molecule has 107 heavy (non-hydrogen) atoms. The van der Waals surface area contributed by atoms with E-state index >= 15 is 19.2 Å². The first-order chi connectivity index (χ1) is 51.9. The number of ether oxygens (including phenoxy) is 3. The molecule has 1 N–H and O–H groups in total. The molecule has 0 unspecified atom stereocenters. The highest BCUT2D eigenvalue weighted by Crippen LogP contribution is 2.54. The monoisotopic (exact) mass is 1540 g/mol. The second-order valence-corrected chi connectivity index (χ2v) is 34.6. The Morgan fingerprint density at radius 3 is 1.26 bits per heavy atom. The third-order valence-corrected chi connectivity index (χ3v) is 24.9. The number of fused-ring (bicyclic) bond motifs is 2. The van der Waals surface area contributed by atoms with E-state index in [2.05, 4.69) is 115 Å². The summed E-state index contributed by atoms with van der Waals surface area (Å²) in [5, 5.41) is 9.84. The number of rotatable bonds is 41. The van der Waals surface area contributed by atoms with Crippen LogP contribution in [0.25, 0.3) is 63.3 Å². The first-order valence-corrected chi connectivity index (χ1v) is 42.8. The van der Waals surface area contributed by atoms with E-state index in [0.717, 1.165) is 123 Å². The molecule has 12 rings (SSSR count). The van der Waals surface area contributed by atoms with Crippen molar-refractivity contribution in [2.24, 2.45) is 0 Å². The number of unbranched alkanes of at least 4 members (excludes halogenated alkanes) is 21. The molecule has 2 aliphatic heterocycles. The van der Waals surface area contributed by atoms with Gasteiger partial charge in [-0.05, 0) is 176 Å². The minimum absolute atomic E-state index is 0.00703. The molecule has 0 fully saturated rings. The van der Waals surface area contributed by atoms with E-state index in [1.54, 1.807) is 34.8 Å². The zero-order valence-corrected chi connectivity index (χ0v) is 68.2. The van der Waals surface area contributed by atoms with Gasteiger partial charge < -0.3 is 19.5 Å². The van der Waals surface area contributed by atoms with Crippen LogP contribution in [0.2, 0.25) is 0 Å². The van der Waals surface area contributed by atoms with E-state index in [1.165, 1.54) is 113 Å². The number of anilines is 3. The summed E-state index contributed by atoms with van der Waals surface area (Å²) in [7, 11) is 0. The van der Waals surface area contributed by atoms with Crippen molar-refractivity contribution in [3.63, 3.8) is 0 Å². The predicted octanol–water partition coefficient (Wildman–Crippen LogP) is 27.5. The maximum absolute atomic E-state index is 16.1. The van der Waals surface area contributed by atoms with Gasteiger partial charge in [-0.1, -0.05) is 240 Å². The van der Waals surface area contributed by atoms with Crippen LogP contribution in [0.1, 0.15) is 321 Å². The van der Waals surface area contributed by atoms with E-state index in [4.69, 9.17) is 14.2 Å². The van der Waals surface area contributed by atoms with Gasteiger partial charge in [-0.15, -0.1) is 22.7 Å². The van der Waals surface area contributed by atoms with Crippen LogP contribution in [0.15, 0.2) is 119 Å². The third-order valence-electron chi connectivity index (χ3n) is 21.9. The molecule has 14 heteroatoms. The predicted molar refractivity (Wildman–Crippen MR) is 452 cm³/mol. The first kappa shape index (κ1) is 78.7. The number of halogens is 1. The van der Waals surface area contributed by atoms with Crippen LogP contribution in [0.3, 0.4) is 0 Å². The van der Waals surface area contributed by atoms with E-state index in [1.807, 2.05) is 78.9 Å². The lowest BCUT2D eigenvalue weighted by atomic mass is 9.79. The van der Waals surface area contributed by atoms with Crippen molar-refractivity contribution in [3.8, 4) is 31.7 Å². The van der Waals surface area contributed by atoms with Gasteiger partial charge in [0, 0.05) is 76.7 Å². The molecule has 4 heterocycles. The SMILES string of the molecule is CCCCCCCCCCCCOc1cc(OCCCCCCCCCCCC)cc(C(=O)OCCCCCCNc2cc3c4c(ccc5c6c(-c7ccc(-c8ccc(Br)s8)s7)cc7c8c(ccc(c2c45)c86)C(=O)N(c2c(C(C)C)cccc2C(C)C)C7=O)C(=O)N(c2c(C(C)C)cccc2C(C)C)C3=O)c1. The third kappa shape index (κ3) is 17.3. The Hall–Kier alpha value is -7.91. The summed E-state index contributed by atoms with van der Waals surface area (Å²) in [6.07, 6.45) is 27.9. The lowest BCUT2D eigenvalue weighted by molar-refractivity contribution is 0.0496. The number of carbonyl (C=O) groups is 5. The van der Waals surface area contributed by atoms with Gasteiger partial charge in [-0.2, -0.15) is 0 Å². The Morgan fingerprint density at radius 1 is 0.393 bits per heavy atom. The van der Waals surface area contributed by atoms with E-state index in [0.29, 0.717) is 93.3 Å². The van der Waals surface area contributed by atoms with E-state index in [-0.39, 0.29) is 48.0 Å². The number of imide groups is 2. The number of hydrogen-bond acceptors (Lipinski definition) is 11. The topological polar surface area (TPSA) is 132 Å². The first-order valence-electron chi connectivity index (χ1n) is 40.4. The van der Waals surface area contributed by atoms with Gasteiger partial charge >= 0.3 is 5.97 Å². The number of carbonyl (C=O) groups excluding carboxylic acids is 5. The molecule has 0 aliphatic carbocycles.